The Balaban J connectivity index is 2.36. The molecule has 0 fully saturated rings. The van der Waals surface area contributed by atoms with Gasteiger partial charge < -0.3 is 9.64 Å². The van der Waals surface area contributed by atoms with E-state index in [9.17, 15) is 14.4 Å². The van der Waals surface area contributed by atoms with Gasteiger partial charge in [0.2, 0.25) is 5.91 Å². The Morgan fingerprint density at radius 2 is 1.96 bits per heavy atom. The molecule has 148 valence electrons. The number of carbonyl (C=O) groups excluding carboxylic acids is 3. The summed E-state index contributed by atoms with van der Waals surface area (Å²) in [6.45, 7) is 8.29. The Morgan fingerprint density at radius 1 is 1.26 bits per heavy atom. The predicted molar refractivity (Wildman–Crippen MR) is 105 cm³/mol. The standard InChI is InChI=1S/C21H30N2O4/c1-6-8-11-22(5)19(25)13-23-16-12-15(17(24)7-2)9-10-18(16)27-20(14(3)4)21(23)26/h9-10,12,14,20H,6-8,11,13H2,1-5H3. The van der Waals surface area contributed by atoms with Crippen molar-refractivity contribution in [1.82, 2.24) is 4.90 Å². The number of fused-ring (bicyclic) bond motifs is 1. The maximum absolute atomic E-state index is 13.0. The van der Waals surface area contributed by atoms with E-state index in [1.54, 1.807) is 37.1 Å². The fourth-order valence-electron chi connectivity index (χ4n) is 3.03. The number of nitrogens with zero attached hydrogens (tertiary/aromatic N) is 2. The average molecular weight is 374 g/mol. The third kappa shape index (κ3) is 4.67. The fourth-order valence-corrected chi connectivity index (χ4v) is 3.03. The number of hydrogen-bond donors (Lipinski definition) is 0. The van der Waals surface area contributed by atoms with Gasteiger partial charge in [-0.05, 0) is 30.5 Å². The van der Waals surface area contributed by atoms with Crippen molar-refractivity contribution < 1.29 is 19.1 Å². The van der Waals surface area contributed by atoms with Crippen LogP contribution in [0.25, 0.3) is 0 Å². The van der Waals surface area contributed by atoms with Gasteiger partial charge in [0.05, 0.1) is 5.69 Å². The molecule has 1 unspecified atom stereocenters. The lowest BCUT2D eigenvalue weighted by Crippen LogP contribution is -2.51. The molecule has 0 saturated heterocycles. The molecule has 2 amide bonds. The van der Waals surface area contributed by atoms with E-state index in [0.29, 0.717) is 30.0 Å². The number of benzene rings is 1. The van der Waals surface area contributed by atoms with Crippen LogP contribution >= 0.6 is 0 Å². The summed E-state index contributed by atoms with van der Waals surface area (Å²) in [5.74, 6) is 0.126. The van der Waals surface area contributed by atoms with Crippen molar-refractivity contribution >= 4 is 23.3 Å². The highest BCUT2D eigenvalue weighted by Gasteiger charge is 2.37. The second kappa shape index (κ2) is 9.02. The highest BCUT2D eigenvalue weighted by molar-refractivity contribution is 6.05. The zero-order valence-electron chi connectivity index (χ0n) is 16.9. The first-order valence-electron chi connectivity index (χ1n) is 9.69. The Hall–Kier alpha value is -2.37. The van der Waals surface area contributed by atoms with Crippen LogP contribution in [0.4, 0.5) is 5.69 Å². The molecule has 0 spiro atoms. The monoisotopic (exact) mass is 374 g/mol. The number of Topliss-reactive ketones (excluding diaryl/α,β-unsaturated/α-hetero) is 1. The van der Waals surface area contributed by atoms with Crippen LogP contribution < -0.4 is 9.64 Å². The molecule has 0 radical (unpaired) electrons. The molecule has 0 aromatic heterocycles. The van der Waals surface area contributed by atoms with Crippen molar-refractivity contribution in [2.24, 2.45) is 5.92 Å². The number of rotatable bonds is 8. The highest BCUT2D eigenvalue weighted by atomic mass is 16.5. The zero-order chi connectivity index (χ0) is 20.1. The van der Waals surface area contributed by atoms with Crippen LogP contribution in [0.15, 0.2) is 18.2 Å². The van der Waals surface area contributed by atoms with Crippen LogP contribution in [-0.4, -0.2) is 48.7 Å². The molecule has 6 nitrogen and oxygen atoms in total. The lowest BCUT2D eigenvalue weighted by Gasteiger charge is -2.36. The van der Waals surface area contributed by atoms with E-state index in [1.807, 2.05) is 13.8 Å². The molecular formula is C21H30N2O4. The number of likely N-dealkylation sites (N-methyl/N-ethyl adjacent to an activating group) is 1. The third-order valence-corrected chi connectivity index (χ3v) is 4.83. The smallest absolute Gasteiger partial charge is 0.268 e. The third-order valence-electron chi connectivity index (χ3n) is 4.83. The van der Waals surface area contributed by atoms with Crippen LogP contribution in [-0.2, 0) is 9.59 Å². The maximum atomic E-state index is 13.0. The first kappa shape index (κ1) is 20.9. The van der Waals surface area contributed by atoms with Gasteiger partial charge in [-0.25, -0.2) is 0 Å². The van der Waals surface area contributed by atoms with E-state index in [4.69, 9.17) is 4.74 Å². The molecule has 1 aliphatic heterocycles. The lowest BCUT2D eigenvalue weighted by molar-refractivity contribution is -0.133. The Morgan fingerprint density at radius 3 is 2.56 bits per heavy atom. The first-order valence-corrected chi connectivity index (χ1v) is 9.69. The van der Waals surface area contributed by atoms with Crippen molar-refractivity contribution in [2.75, 3.05) is 25.0 Å². The van der Waals surface area contributed by atoms with Crippen molar-refractivity contribution in [3.63, 3.8) is 0 Å². The molecule has 2 rings (SSSR count). The molecule has 1 aromatic carbocycles. The second-order valence-corrected chi connectivity index (χ2v) is 7.33. The van der Waals surface area contributed by atoms with Crippen LogP contribution in [0, 0.1) is 5.92 Å². The van der Waals surface area contributed by atoms with E-state index < -0.39 is 6.10 Å². The van der Waals surface area contributed by atoms with Gasteiger partial charge in [-0.2, -0.15) is 0 Å². The topological polar surface area (TPSA) is 66.9 Å². The molecule has 1 heterocycles. The van der Waals surface area contributed by atoms with E-state index >= 15 is 0 Å². The van der Waals surface area contributed by atoms with E-state index in [2.05, 4.69) is 6.92 Å². The normalized spacial score (nSPS) is 16.1. The Labute approximate surface area is 161 Å². The Bertz CT molecular complexity index is 714. The molecule has 0 saturated carbocycles. The highest BCUT2D eigenvalue weighted by Crippen LogP contribution is 2.36. The minimum atomic E-state index is -0.640. The minimum absolute atomic E-state index is 0.0115. The number of carbonyl (C=O) groups is 3. The van der Waals surface area contributed by atoms with Gasteiger partial charge in [0.25, 0.3) is 5.91 Å². The average Bonchev–Trinajstić information content (AvgIpc) is 2.66. The SMILES string of the molecule is CCCCN(C)C(=O)CN1C(=O)C(C(C)C)Oc2ccc(C(=O)CC)cc21. The molecule has 0 N–H and O–H groups in total. The van der Waals surface area contributed by atoms with Crippen LogP contribution in [0.1, 0.15) is 57.3 Å². The van der Waals surface area contributed by atoms with Crippen molar-refractivity contribution in [3.8, 4) is 5.75 Å². The molecular weight excluding hydrogens is 344 g/mol. The maximum Gasteiger partial charge on any atom is 0.268 e. The number of ether oxygens (including phenoxy) is 1. The minimum Gasteiger partial charge on any atom is -0.478 e. The molecule has 27 heavy (non-hydrogen) atoms. The summed E-state index contributed by atoms with van der Waals surface area (Å²) >= 11 is 0. The van der Waals surface area contributed by atoms with Gasteiger partial charge >= 0.3 is 0 Å². The summed E-state index contributed by atoms with van der Waals surface area (Å²) in [5, 5.41) is 0. The van der Waals surface area contributed by atoms with E-state index in [1.165, 1.54) is 4.90 Å². The number of ketones is 1. The molecule has 1 atom stereocenters. The number of amides is 2. The predicted octanol–water partition coefficient (Wildman–Crippen LogP) is 3.29. The summed E-state index contributed by atoms with van der Waals surface area (Å²) in [5.41, 5.74) is 1.01. The van der Waals surface area contributed by atoms with Crippen LogP contribution in [0.3, 0.4) is 0 Å². The van der Waals surface area contributed by atoms with Crippen LogP contribution in [0.5, 0.6) is 5.75 Å². The summed E-state index contributed by atoms with van der Waals surface area (Å²) in [6.07, 6.45) is 1.65. The summed E-state index contributed by atoms with van der Waals surface area (Å²) in [7, 11) is 1.75. The lowest BCUT2D eigenvalue weighted by atomic mass is 10.0. The Kier molecular flexibility index (Phi) is 6.99. The molecule has 0 bridgehead atoms. The summed E-state index contributed by atoms with van der Waals surface area (Å²) in [4.78, 5) is 40.9. The molecule has 6 heteroatoms. The summed E-state index contributed by atoms with van der Waals surface area (Å²) in [6, 6.07) is 5.10. The van der Waals surface area contributed by atoms with Gasteiger partial charge in [-0.1, -0.05) is 34.1 Å². The van der Waals surface area contributed by atoms with Crippen molar-refractivity contribution in [1.29, 1.82) is 0 Å². The summed E-state index contributed by atoms with van der Waals surface area (Å²) < 4.78 is 5.88. The second-order valence-electron chi connectivity index (χ2n) is 7.33. The molecule has 1 aromatic rings. The fraction of sp³-hybridized carbons (Fsp3) is 0.571. The van der Waals surface area contributed by atoms with Crippen molar-refractivity contribution in [2.45, 2.75) is 53.1 Å². The molecule has 1 aliphatic rings. The van der Waals surface area contributed by atoms with Gasteiger partial charge in [-0.15, -0.1) is 0 Å². The van der Waals surface area contributed by atoms with Crippen LogP contribution in [0.2, 0.25) is 0 Å². The van der Waals surface area contributed by atoms with Gasteiger partial charge in [0.1, 0.15) is 12.3 Å². The molecule has 0 aliphatic carbocycles. The number of unbranched alkanes of at least 4 members (excludes halogenated alkanes) is 1. The quantitative estimate of drug-likeness (QED) is 0.655. The van der Waals surface area contributed by atoms with Gasteiger partial charge in [-0.3, -0.25) is 19.3 Å². The zero-order valence-corrected chi connectivity index (χ0v) is 16.9. The largest absolute Gasteiger partial charge is 0.478 e. The van der Waals surface area contributed by atoms with Gasteiger partial charge in [0, 0.05) is 25.6 Å². The number of hydrogen-bond acceptors (Lipinski definition) is 4. The van der Waals surface area contributed by atoms with E-state index in [-0.39, 0.29) is 30.1 Å². The van der Waals surface area contributed by atoms with Gasteiger partial charge in [0.15, 0.2) is 11.9 Å². The first-order chi connectivity index (χ1) is 12.8. The van der Waals surface area contributed by atoms with E-state index in [0.717, 1.165) is 12.8 Å². The van der Waals surface area contributed by atoms with Crippen molar-refractivity contribution in [3.05, 3.63) is 23.8 Å². The number of anilines is 1.